The van der Waals surface area contributed by atoms with Crippen LogP contribution in [0.2, 0.25) is 0 Å². The van der Waals surface area contributed by atoms with Crippen LogP contribution >= 0.6 is 0 Å². The first-order valence-electron chi connectivity index (χ1n) is 19.0. The molecule has 0 saturated carbocycles. The summed E-state index contributed by atoms with van der Waals surface area (Å²) < 4.78 is 0. The van der Waals surface area contributed by atoms with Crippen LogP contribution in [0.25, 0.3) is 0 Å². The van der Waals surface area contributed by atoms with E-state index < -0.39 is 83.6 Å². The lowest BCUT2D eigenvalue weighted by Gasteiger charge is -2.30. The number of rotatable bonds is 25. The van der Waals surface area contributed by atoms with Gasteiger partial charge >= 0.3 is 5.97 Å². The van der Waals surface area contributed by atoms with Crippen molar-refractivity contribution in [1.82, 2.24) is 31.5 Å². The van der Waals surface area contributed by atoms with Gasteiger partial charge < -0.3 is 53.8 Å². The highest BCUT2D eigenvalue weighted by atomic mass is 16.4. The van der Waals surface area contributed by atoms with Crippen molar-refractivity contribution in [2.24, 2.45) is 35.0 Å². The summed E-state index contributed by atoms with van der Waals surface area (Å²) in [4.78, 5) is 105. The zero-order valence-corrected chi connectivity index (χ0v) is 32.8. The summed E-state index contributed by atoms with van der Waals surface area (Å²) in [6.07, 6.45) is 2.18. The van der Waals surface area contributed by atoms with Crippen molar-refractivity contribution in [3.05, 3.63) is 0 Å². The number of nitrogens with one attached hydrogen (secondary N) is 5. The summed E-state index contributed by atoms with van der Waals surface area (Å²) in [6.45, 7) is 11.3. The number of aliphatic carboxylic acids is 1. The molecule has 0 aromatic heterocycles. The van der Waals surface area contributed by atoms with Crippen LogP contribution < -0.4 is 43.8 Å². The molecule has 1 aliphatic heterocycles. The molecule has 0 bridgehead atoms. The van der Waals surface area contributed by atoms with Gasteiger partial charge in [-0.05, 0) is 82.1 Å². The highest BCUT2D eigenvalue weighted by Crippen LogP contribution is 2.20. The maximum Gasteiger partial charge on any atom is 0.326 e. The molecule has 308 valence electrons. The lowest BCUT2D eigenvalue weighted by Crippen LogP contribution is -2.60. The molecule has 0 aliphatic carbocycles. The fourth-order valence-electron chi connectivity index (χ4n) is 6.24. The predicted octanol–water partition coefficient (Wildman–Crippen LogP) is -1.02. The Balaban J connectivity index is 3.32. The lowest BCUT2D eigenvalue weighted by atomic mass is 9.98. The molecule has 54 heavy (non-hydrogen) atoms. The molecule has 6 atom stereocenters. The van der Waals surface area contributed by atoms with E-state index in [2.05, 4.69) is 26.6 Å². The number of nitrogens with zero attached hydrogens (tertiary/aromatic N) is 1. The van der Waals surface area contributed by atoms with Gasteiger partial charge in [-0.25, -0.2) is 4.79 Å². The molecule has 1 saturated heterocycles. The van der Waals surface area contributed by atoms with Gasteiger partial charge in [0, 0.05) is 13.0 Å². The number of carbonyl (C=O) groups is 8. The van der Waals surface area contributed by atoms with Crippen LogP contribution in [0, 0.1) is 17.8 Å². The largest absolute Gasteiger partial charge is 0.480 e. The Labute approximate surface area is 318 Å². The van der Waals surface area contributed by atoms with Gasteiger partial charge in [0.2, 0.25) is 41.4 Å². The van der Waals surface area contributed by atoms with E-state index in [0.29, 0.717) is 32.2 Å². The number of primary amides is 1. The maximum absolute atomic E-state index is 13.9. The number of amides is 7. The maximum atomic E-state index is 13.9. The molecule has 18 heteroatoms. The molecule has 0 aromatic carbocycles. The van der Waals surface area contributed by atoms with Gasteiger partial charge in [-0.3, -0.25) is 33.6 Å². The van der Waals surface area contributed by atoms with Gasteiger partial charge in [-0.2, -0.15) is 0 Å². The number of carbonyl (C=O) groups excluding carboxylic acids is 7. The molecule has 0 unspecified atom stereocenters. The van der Waals surface area contributed by atoms with Crippen LogP contribution in [0.15, 0.2) is 0 Å². The molecule has 1 rings (SSSR count). The van der Waals surface area contributed by atoms with E-state index in [-0.39, 0.29) is 69.4 Å². The summed E-state index contributed by atoms with van der Waals surface area (Å²) in [5, 5.41) is 23.0. The van der Waals surface area contributed by atoms with Gasteiger partial charge in [0.25, 0.3) is 0 Å². The topological polar surface area (TPSA) is 298 Å². The van der Waals surface area contributed by atoms with Gasteiger partial charge in [-0.15, -0.1) is 0 Å². The first-order valence-corrected chi connectivity index (χ1v) is 19.0. The zero-order chi connectivity index (χ0) is 41.1. The number of hydrogen-bond acceptors (Lipinski definition) is 10. The Bertz CT molecular complexity index is 1290. The molecule has 0 radical (unpaired) electrons. The first kappa shape index (κ1) is 47.7. The Hall–Kier alpha value is -4.32. The van der Waals surface area contributed by atoms with Gasteiger partial charge in [-0.1, -0.05) is 41.5 Å². The van der Waals surface area contributed by atoms with Crippen LogP contribution in [-0.4, -0.2) is 113 Å². The second-order valence-electron chi connectivity index (χ2n) is 15.3. The second-order valence-corrected chi connectivity index (χ2v) is 15.3. The minimum Gasteiger partial charge on any atom is -0.480 e. The monoisotopic (exact) mass is 767 g/mol. The number of unbranched alkanes of at least 4 members (excludes halogenated alkanes) is 1. The fourth-order valence-corrected chi connectivity index (χ4v) is 6.24. The van der Waals surface area contributed by atoms with Crippen molar-refractivity contribution in [3.63, 3.8) is 0 Å². The van der Waals surface area contributed by atoms with Gasteiger partial charge in [0.1, 0.15) is 36.3 Å². The van der Waals surface area contributed by atoms with E-state index in [9.17, 15) is 43.5 Å². The Morgan fingerprint density at radius 3 is 1.52 bits per heavy atom. The molecular formula is C36H65N9O9. The first-order chi connectivity index (χ1) is 25.3. The molecular weight excluding hydrogens is 702 g/mol. The number of carboxylic acid groups (broad SMARTS) is 1. The van der Waals surface area contributed by atoms with Gasteiger partial charge in [0.15, 0.2) is 0 Å². The summed E-state index contributed by atoms with van der Waals surface area (Å²) in [5.41, 5.74) is 16.4. The van der Waals surface area contributed by atoms with E-state index in [0.717, 1.165) is 0 Å². The fraction of sp³-hybridized carbons (Fsp3) is 0.778. The predicted molar refractivity (Wildman–Crippen MR) is 201 cm³/mol. The Kier molecular flexibility index (Phi) is 21.3. The standard InChI is InChI=1S/C36H65N9O9/c1-20(2)16-25(40-30(47)19-38)32(49)41-23(12-13-29(39)46)31(48)43-27(18-22(5)6)34(51)44-26(17-21(3)4)33(50)42-24(10-7-8-14-37)35(52)45-15-9-11-28(45)36(53)54/h20-28H,7-19,37-38H2,1-6H3,(H2,39,46)(H,40,47)(H,41,49)(H,42,50)(H,43,48)(H,44,51)(H,53,54)/t23-,24-,25-,26-,27-,28-/m0/s1. The van der Waals surface area contributed by atoms with E-state index in [1.807, 2.05) is 41.5 Å². The lowest BCUT2D eigenvalue weighted by molar-refractivity contribution is -0.149. The quantitative estimate of drug-likeness (QED) is 0.0507. The average Bonchev–Trinajstić information content (AvgIpc) is 3.58. The van der Waals surface area contributed by atoms with Crippen LogP contribution in [-0.2, 0) is 38.4 Å². The third-order valence-corrected chi connectivity index (χ3v) is 8.92. The summed E-state index contributed by atoms with van der Waals surface area (Å²) in [6, 6.07) is -6.70. The highest BCUT2D eigenvalue weighted by molar-refractivity contribution is 5.97. The Morgan fingerprint density at radius 2 is 1.09 bits per heavy atom. The van der Waals surface area contributed by atoms with Crippen LogP contribution in [0.5, 0.6) is 0 Å². The third-order valence-electron chi connectivity index (χ3n) is 8.92. The molecule has 18 nitrogen and oxygen atoms in total. The smallest absolute Gasteiger partial charge is 0.326 e. The molecule has 1 fully saturated rings. The van der Waals surface area contributed by atoms with Crippen LogP contribution in [0.3, 0.4) is 0 Å². The molecule has 7 amide bonds. The number of hydrogen-bond donors (Lipinski definition) is 9. The van der Waals surface area contributed by atoms with E-state index in [1.165, 1.54) is 4.90 Å². The summed E-state index contributed by atoms with van der Waals surface area (Å²) in [5.74, 6) is -5.98. The SMILES string of the molecule is CC(C)C[C@H](NC(=O)CN)C(=O)N[C@@H](CCC(N)=O)C(=O)N[C@@H](CC(C)C)C(=O)N[C@@H](CC(C)C)C(=O)N[C@@H](CCCCN)C(=O)N1CCC[C@H]1C(=O)O. The van der Waals surface area contributed by atoms with Crippen molar-refractivity contribution in [2.45, 2.75) is 142 Å². The zero-order valence-electron chi connectivity index (χ0n) is 32.8. The van der Waals surface area contributed by atoms with E-state index >= 15 is 0 Å². The van der Waals surface area contributed by atoms with E-state index in [4.69, 9.17) is 17.2 Å². The molecule has 12 N–H and O–H groups in total. The average molecular weight is 768 g/mol. The Morgan fingerprint density at radius 1 is 0.648 bits per heavy atom. The second kappa shape index (κ2) is 24.2. The summed E-state index contributed by atoms with van der Waals surface area (Å²) >= 11 is 0. The highest BCUT2D eigenvalue weighted by Gasteiger charge is 2.39. The molecule has 1 heterocycles. The van der Waals surface area contributed by atoms with E-state index in [1.54, 1.807) is 0 Å². The number of likely N-dealkylation sites (tertiary alicyclic amines) is 1. The normalized spacial score (nSPS) is 16.9. The minimum absolute atomic E-state index is 0.0203. The molecule has 0 spiro atoms. The van der Waals surface area contributed by atoms with Crippen LogP contribution in [0.1, 0.15) is 106 Å². The van der Waals surface area contributed by atoms with Crippen molar-refractivity contribution in [1.29, 1.82) is 0 Å². The minimum atomic E-state index is -1.31. The summed E-state index contributed by atoms with van der Waals surface area (Å²) in [7, 11) is 0. The molecule has 1 aliphatic rings. The number of nitrogens with two attached hydrogens (primary N) is 3. The van der Waals surface area contributed by atoms with Crippen LogP contribution in [0.4, 0.5) is 0 Å². The van der Waals surface area contributed by atoms with Crippen molar-refractivity contribution in [3.8, 4) is 0 Å². The third kappa shape index (κ3) is 17.2. The van der Waals surface area contributed by atoms with Crippen molar-refractivity contribution >= 4 is 47.3 Å². The van der Waals surface area contributed by atoms with Crippen molar-refractivity contribution < 1.29 is 43.5 Å². The number of carboxylic acids is 1. The van der Waals surface area contributed by atoms with Crippen molar-refractivity contribution in [2.75, 3.05) is 19.6 Å². The molecule has 0 aromatic rings. The van der Waals surface area contributed by atoms with Gasteiger partial charge in [0.05, 0.1) is 6.54 Å².